The fraction of sp³-hybridized carbons (Fsp3) is 0.111. The van der Waals surface area contributed by atoms with Crippen LogP contribution in [0, 0.1) is 5.82 Å². The highest BCUT2D eigenvalue weighted by molar-refractivity contribution is 8.00. The Kier molecular flexibility index (Phi) is 4.59. The van der Waals surface area contributed by atoms with Gasteiger partial charge in [0, 0.05) is 4.90 Å². The number of thioether (sulfide) groups is 1. The molecule has 1 aromatic rings. The average molecular weight is 295 g/mol. The Labute approximate surface area is 109 Å². The number of nitrogens with two attached hydrogens (primary N) is 3. The Morgan fingerprint density at radius 2 is 1.79 bits per heavy atom. The predicted octanol–water partition coefficient (Wildman–Crippen LogP) is 1.66. The van der Waals surface area contributed by atoms with Gasteiger partial charge in [-0.15, -0.1) is 0 Å². The fourth-order valence-corrected chi connectivity index (χ4v) is 1.62. The van der Waals surface area contributed by atoms with Gasteiger partial charge in [-0.25, -0.2) is 9.38 Å². The number of benzene rings is 1. The molecular weight excluding hydrogens is 286 g/mol. The van der Waals surface area contributed by atoms with Crippen LogP contribution in [0.4, 0.5) is 23.2 Å². The van der Waals surface area contributed by atoms with Gasteiger partial charge in [0.15, 0.2) is 5.96 Å². The van der Waals surface area contributed by atoms with E-state index in [9.17, 15) is 17.6 Å². The highest BCUT2D eigenvalue weighted by Gasteiger charge is 2.29. The maximum atomic E-state index is 13.5. The predicted molar refractivity (Wildman–Crippen MR) is 65.4 cm³/mol. The summed E-state index contributed by atoms with van der Waals surface area (Å²) in [6, 6.07) is 2.79. The van der Waals surface area contributed by atoms with E-state index in [1.54, 1.807) is 0 Å². The molecular formula is C9H9F4N5S. The van der Waals surface area contributed by atoms with Gasteiger partial charge in [-0.2, -0.15) is 18.2 Å². The number of nitrogens with zero attached hydrogens (tertiary/aromatic N) is 2. The second kappa shape index (κ2) is 5.78. The van der Waals surface area contributed by atoms with E-state index in [0.29, 0.717) is 6.07 Å². The van der Waals surface area contributed by atoms with Crippen molar-refractivity contribution in [2.45, 2.75) is 10.4 Å². The number of aliphatic imine (C=N–C) groups is 2. The Balaban J connectivity index is 2.98. The van der Waals surface area contributed by atoms with Crippen molar-refractivity contribution in [1.29, 1.82) is 0 Å². The summed E-state index contributed by atoms with van der Waals surface area (Å²) in [6.07, 6.45) is 0. The Hall–Kier alpha value is -1.97. The molecule has 0 bridgehead atoms. The van der Waals surface area contributed by atoms with Gasteiger partial charge < -0.3 is 17.2 Å². The second-order valence-corrected chi connectivity index (χ2v) is 4.31. The molecule has 0 radical (unpaired) electrons. The van der Waals surface area contributed by atoms with Gasteiger partial charge in [0.05, 0.1) is 0 Å². The van der Waals surface area contributed by atoms with Crippen LogP contribution in [-0.4, -0.2) is 17.4 Å². The number of hydrogen-bond acceptors (Lipinski definition) is 2. The summed E-state index contributed by atoms with van der Waals surface area (Å²) in [6.45, 7) is 0. The lowest BCUT2D eigenvalue weighted by Gasteiger charge is -2.06. The van der Waals surface area contributed by atoms with Crippen LogP contribution in [-0.2, 0) is 0 Å². The molecule has 0 aliphatic heterocycles. The molecule has 0 heterocycles. The molecule has 0 aromatic heterocycles. The lowest BCUT2D eigenvalue weighted by molar-refractivity contribution is -0.0328. The van der Waals surface area contributed by atoms with Crippen LogP contribution in [0.25, 0.3) is 0 Å². The summed E-state index contributed by atoms with van der Waals surface area (Å²) in [5.74, 6) is -1.75. The monoisotopic (exact) mass is 295 g/mol. The van der Waals surface area contributed by atoms with Gasteiger partial charge in [-0.05, 0) is 30.0 Å². The van der Waals surface area contributed by atoms with E-state index in [2.05, 4.69) is 9.98 Å². The van der Waals surface area contributed by atoms with E-state index in [1.165, 1.54) is 0 Å². The molecule has 0 amide bonds. The Bertz CT molecular complexity index is 522. The molecule has 0 saturated heterocycles. The maximum absolute atomic E-state index is 13.5. The van der Waals surface area contributed by atoms with E-state index in [-0.39, 0.29) is 16.5 Å². The van der Waals surface area contributed by atoms with E-state index in [4.69, 9.17) is 17.2 Å². The fourth-order valence-electron chi connectivity index (χ4n) is 1.06. The first kappa shape index (κ1) is 15.1. The quantitative estimate of drug-likeness (QED) is 0.334. The third-order valence-corrected chi connectivity index (χ3v) is 2.35. The average Bonchev–Trinajstić information content (AvgIpc) is 2.18. The SMILES string of the molecule is NC(N)=NC(N)=Nc1ccc(SC(F)(F)F)cc1F. The molecule has 5 nitrogen and oxygen atoms in total. The summed E-state index contributed by atoms with van der Waals surface area (Å²) in [7, 11) is 0. The minimum absolute atomic E-state index is 0.269. The zero-order valence-corrected chi connectivity index (χ0v) is 10.1. The number of halogens is 4. The summed E-state index contributed by atoms with van der Waals surface area (Å²) >= 11 is -0.434. The van der Waals surface area contributed by atoms with Crippen LogP contribution in [0.1, 0.15) is 0 Å². The highest BCUT2D eigenvalue weighted by atomic mass is 32.2. The normalized spacial score (nSPS) is 12.3. The molecule has 0 aliphatic carbocycles. The summed E-state index contributed by atoms with van der Waals surface area (Å²) in [4.78, 5) is 6.56. The van der Waals surface area contributed by atoms with Crippen molar-refractivity contribution in [1.82, 2.24) is 0 Å². The summed E-state index contributed by atoms with van der Waals surface area (Å²) in [5, 5.41) is 0. The molecule has 0 spiro atoms. The molecule has 0 atom stereocenters. The number of rotatable bonds is 2. The molecule has 6 N–H and O–H groups in total. The Morgan fingerprint density at radius 1 is 1.16 bits per heavy atom. The number of hydrogen-bond donors (Lipinski definition) is 3. The summed E-state index contributed by atoms with van der Waals surface area (Å²) in [5.41, 5.74) is 10.6. The van der Waals surface area contributed by atoms with Crippen LogP contribution in [0.15, 0.2) is 33.1 Å². The van der Waals surface area contributed by atoms with E-state index in [1.807, 2.05) is 0 Å². The lowest BCUT2D eigenvalue weighted by atomic mass is 10.3. The molecule has 0 saturated carbocycles. The van der Waals surface area contributed by atoms with Crippen molar-refractivity contribution in [2.24, 2.45) is 27.2 Å². The zero-order valence-electron chi connectivity index (χ0n) is 9.28. The van der Waals surface area contributed by atoms with E-state index in [0.717, 1.165) is 12.1 Å². The standard InChI is InChI=1S/C9H9F4N5S/c10-5-3-4(19-9(11,12)13)1-2-6(5)17-8(16)18-7(14)15/h1-3H,(H6,14,15,16,17,18). The molecule has 1 rings (SSSR count). The molecule has 0 aliphatic rings. The van der Waals surface area contributed by atoms with Crippen LogP contribution in [0.2, 0.25) is 0 Å². The molecule has 10 heteroatoms. The number of alkyl halides is 3. The van der Waals surface area contributed by atoms with Gasteiger partial charge in [-0.1, -0.05) is 0 Å². The second-order valence-electron chi connectivity index (χ2n) is 3.17. The summed E-state index contributed by atoms with van der Waals surface area (Å²) < 4.78 is 49.7. The van der Waals surface area contributed by atoms with Crippen molar-refractivity contribution in [3.05, 3.63) is 24.0 Å². The van der Waals surface area contributed by atoms with Crippen molar-refractivity contribution in [2.75, 3.05) is 0 Å². The zero-order chi connectivity index (χ0) is 14.6. The van der Waals surface area contributed by atoms with Gasteiger partial charge in [0.1, 0.15) is 11.5 Å². The van der Waals surface area contributed by atoms with Crippen molar-refractivity contribution in [3.8, 4) is 0 Å². The topological polar surface area (TPSA) is 103 Å². The van der Waals surface area contributed by atoms with E-state index < -0.39 is 29.0 Å². The molecule has 0 unspecified atom stereocenters. The third-order valence-electron chi connectivity index (χ3n) is 1.63. The van der Waals surface area contributed by atoms with Gasteiger partial charge in [-0.3, -0.25) is 0 Å². The van der Waals surface area contributed by atoms with Crippen molar-refractivity contribution in [3.63, 3.8) is 0 Å². The minimum atomic E-state index is -4.49. The molecule has 0 fully saturated rings. The van der Waals surface area contributed by atoms with Crippen LogP contribution in [0.5, 0.6) is 0 Å². The molecule has 104 valence electrons. The Morgan fingerprint density at radius 3 is 2.26 bits per heavy atom. The molecule has 1 aromatic carbocycles. The minimum Gasteiger partial charge on any atom is -0.370 e. The lowest BCUT2D eigenvalue weighted by Crippen LogP contribution is -2.26. The van der Waals surface area contributed by atoms with Crippen molar-refractivity contribution < 1.29 is 17.6 Å². The van der Waals surface area contributed by atoms with Gasteiger partial charge in [0.25, 0.3) is 0 Å². The van der Waals surface area contributed by atoms with Crippen LogP contribution in [0.3, 0.4) is 0 Å². The highest BCUT2D eigenvalue weighted by Crippen LogP contribution is 2.38. The van der Waals surface area contributed by atoms with Gasteiger partial charge >= 0.3 is 5.51 Å². The van der Waals surface area contributed by atoms with E-state index >= 15 is 0 Å². The van der Waals surface area contributed by atoms with Gasteiger partial charge in [0.2, 0.25) is 5.96 Å². The maximum Gasteiger partial charge on any atom is 0.446 e. The molecule has 19 heavy (non-hydrogen) atoms. The first-order valence-electron chi connectivity index (χ1n) is 4.66. The van der Waals surface area contributed by atoms with Crippen LogP contribution >= 0.6 is 11.8 Å². The first-order valence-corrected chi connectivity index (χ1v) is 5.48. The first-order chi connectivity index (χ1) is 8.67. The van der Waals surface area contributed by atoms with Crippen LogP contribution < -0.4 is 17.2 Å². The smallest absolute Gasteiger partial charge is 0.370 e. The number of guanidine groups is 2. The van der Waals surface area contributed by atoms with Crippen molar-refractivity contribution >= 4 is 29.4 Å². The largest absolute Gasteiger partial charge is 0.446 e. The third kappa shape index (κ3) is 5.46.